The van der Waals surface area contributed by atoms with Crippen molar-refractivity contribution in [1.29, 1.82) is 0 Å². The lowest BCUT2D eigenvalue weighted by Crippen LogP contribution is -2.60. The average Bonchev–Trinajstić information content (AvgIpc) is 2.26. The van der Waals surface area contributed by atoms with E-state index in [-0.39, 0.29) is 12.0 Å². The number of nitrogens with two attached hydrogens (primary N) is 1. The number of carbonyl (C=O) groups is 3. The zero-order valence-electron chi connectivity index (χ0n) is 12.6. The molecular weight excluding hydrogens is 264 g/mol. The van der Waals surface area contributed by atoms with Crippen LogP contribution >= 0.6 is 0 Å². The molecule has 1 amide bonds. The first-order valence-electron chi connectivity index (χ1n) is 6.51. The minimum Gasteiger partial charge on any atom is -0.481 e. The molecule has 0 heterocycles. The Morgan fingerprint density at radius 1 is 1.25 bits per heavy atom. The lowest BCUT2D eigenvalue weighted by molar-refractivity contribution is -0.159. The van der Waals surface area contributed by atoms with Crippen molar-refractivity contribution in [3.63, 3.8) is 0 Å². The molecule has 7 nitrogen and oxygen atoms in total. The number of esters is 1. The van der Waals surface area contributed by atoms with Crippen molar-refractivity contribution in [2.75, 3.05) is 0 Å². The summed E-state index contributed by atoms with van der Waals surface area (Å²) in [5.74, 6) is -2.68. The fraction of sp³-hybridized carbons (Fsp3) is 0.769. The number of carboxylic acids is 1. The third-order valence-corrected chi connectivity index (χ3v) is 3.04. The molecule has 0 bridgehead atoms. The molecule has 0 aliphatic carbocycles. The first kappa shape index (κ1) is 18.4. The number of aliphatic carboxylic acids is 1. The number of carbonyl (C=O) groups excluding carboxylic acids is 2. The van der Waals surface area contributed by atoms with Gasteiger partial charge in [0.1, 0.15) is 5.54 Å². The van der Waals surface area contributed by atoms with E-state index in [4.69, 9.17) is 15.6 Å². The molecule has 0 aliphatic rings. The van der Waals surface area contributed by atoms with E-state index in [2.05, 4.69) is 5.32 Å². The van der Waals surface area contributed by atoms with E-state index in [1.807, 2.05) is 0 Å². The summed E-state index contributed by atoms with van der Waals surface area (Å²) in [5, 5.41) is 11.1. The van der Waals surface area contributed by atoms with Gasteiger partial charge in [-0.25, -0.2) is 4.79 Å². The van der Waals surface area contributed by atoms with E-state index in [1.165, 1.54) is 6.92 Å². The van der Waals surface area contributed by atoms with E-state index in [0.717, 1.165) is 0 Å². The van der Waals surface area contributed by atoms with Gasteiger partial charge in [0.2, 0.25) is 5.91 Å². The van der Waals surface area contributed by atoms with Crippen molar-refractivity contribution in [2.24, 2.45) is 11.7 Å². The van der Waals surface area contributed by atoms with Gasteiger partial charge in [-0.15, -0.1) is 0 Å². The second-order valence-corrected chi connectivity index (χ2v) is 5.50. The second kappa shape index (κ2) is 7.23. The average molecular weight is 288 g/mol. The quantitative estimate of drug-likeness (QED) is 0.579. The highest BCUT2D eigenvalue weighted by atomic mass is 16.5. The van der Waals surface area contributed by atoms with Gasteiger partial charge in [-0.1, -0.05) is 13.8 Å². The number of rotatable bonds is 7. The van der Waals surface area contributed by atoms with Gasteiger partial charge in [0.15, 0.2) is 0 Å². The van der Waals surface area contributed by atoms with E-state index >= 15 is 0 Å². The van der Waals surface area contributed by atoms with Crippen LogP contribution in [-0.2, 0) is 19.1 Å². The second-order valence-electron chi connectivity index (χ2n) is 5.50. The first-order chi connectivity index (χ1) is 9.00. The van der Waals surface area contributed by atoms with Gasteiger partial charge in [0.05, 0.1) is 18.6 Å². The molecule has 0 saturated heterocycles. The van der Waals surface area contributed by atoms with Crippen LogP contribution in [0.2, 0.25) is 0 Å². The van der Waals surface area contributed by atoms with Gasteiger partial charge in [0, 0.05) is 0 Å². The summed E-state index contributed by atoms with van der Waals surface area (Å²) < 4.78 is 5.13. The van der Waals surface area contributed by atoms with Gasteiger partial charge in [0.25, 0.3) is 0 Å². The van der Waals surface area contributed by atoms with Crippen LogP contribution in [0.15, 0.2) is 0 Å². The van der Waals surface area contributed by atoms with Crippen LogP contribution in [0.25, 0.3) is 0 Å². The number of carboxylic acid groups (broad SMARTS) is 1. The molecule has 116 valence electrons. The number of ether oxygens (including phenoxy) is 1. The van der Waals surface area contributed by atoms with Gasteiger partial charge < -0.3 is 20.9 Å². The van der Waals surface area contributed by atoms with Gasteiger partial charge in [-0.2, -0.15) is 0 Å². The normalized spacial score (nSPS) is 15.6. The van der Waals surface area contributed by atoms with E-state index in [0.29, 0.717) is 0 Å². The molecule has 0 aromatic heterocycles. The Kier molecular flexibility index (Phi) is 6.64. The molecule has 0 unspecified atom stereocenters. The summed E-state index contributed by atoms with van der Waals surface area (Å²) in [7, 11) is 0. The first-order valence-corrected chi connectivity index (χ1v) is 6.51. The summed E-state index contributed by atoms with van der Waals surface area (Å²) >= 11 is 0. The maximum absolute atomic E-state index is 12.1. The molecule has 0 radical (unpaired) electrons. The number of hydrogen-bond donors (Lipinski definition) is 3. The van der Waals surface area contributed by atoms with Crippen molar-refractivity contribution in [2.45, 2.75) is 58.7 Å². The zero-order chi connectivity index (χ0) is 16.1. The van der Waals surface area contributed by atoms with Crippen LogP contribution in [0, 0.1) is 5.92 Å². The predicted molar refractivity (Wildman–Crippen MR) is 72.8 cm³/mol. The van der Waals surface area contributed by atoms with Crippen molar-refractivity contribution in [3.8, 4) is 0 Å². The maximum atomic E-state index is 12.1. The Labute approximate surface area is 118 Å². The van der Waals surface area contributed by atoms with Crippen molar-refractivity contribution in [1.82, 2.24) is 5.32 Å². The highest BCUT2D eigenvalue weighted by Gasteiger charge is 2.41. The highest BCUT2D eigenvalue weighted by Crippen LogP contribution is 2.19. The Hall–Kier alpha value is -1.63. The molecule has 7 heteroatoms. The van der Waals surface area contributed by atoms with Crippen LogP contribution in [0.1, 0.15) is 41.0 Å². The molecule has 0 aromatic rings. The number of amides is 1. The minimum absolute atomic E-state index is 0.241. The SMILES string of the molecule is CC(C)OC(=O)[C@@](C)(NC(=O)[C@@H](N)CC(=O)O)C(C)C. The van der Waals surface area contributed by atoms with Crippen molar-refractivity contribution < 1.29 is 24.2 Å². The lowest BCUT2D eigenvalue weighted by Gasteiger charge is -2.33. The van der Waals surface area contributed by atoms with Crippen LogP contribution in [0.5, 0.6) is 0 Å². The number of nitrogens with one attached hydrogen (secondary N) is 1. The summed E-state index contributed by atoms with van der Waals surface area (Å²) in [6.07, 6.45) is -0.815. The molecule has 4 N–H and O–H groups in total. The van der Waals surface area contributed by atoms with E-state index in [1.54, 1.807) is 27.7 Å². The maximum Gasteiger partial charge on any atom is 0.332 e. The number of hydrogen-bond acceptors (Lipinski definition) is 5. The van der Waals surface area contributed by atoms with Gasteiger partial charge >= 0.3 is 11.9 Å². The molecule has 0 aliphatic heterocycles. The largest absolute Gasteiger partial charge is 0.481 e. The van der Waals surface area contributed by atoms with Gasteiger partial charge in [-0.3, -0.25) is 9.59 Å². The van der Waals surface area contributed by atoms with Crippen LogP contribution < -0.4 is 11.1 Å². The topological polar surface area (TPSA) is 119 Å². The van der Waals surface area contributed by atoms with Gasteiger partial charge in [-0.05, 0) is 26.7 Å². The highest BCUT2D eigenvalue weighted by molar-refractivity contribution is 5.92. The summed E-state index contributed by atoms with van der Waals surface area (Å²) in [4.78, 5) is 34.5. The van der Waals surface area contributed by atoms with Crippen LogP contribution in [0.4, 0.5) is 0 Å². The Morgan fingerprint density at radius 2 is 1.75 bits per heavy atom. The predicted octanol–water partition coefficient (Wildman–Crippen LogP) is 0.271. The minimum atomic E-state index is -1.25. The molecule has 0 saturated carbocycles. The Balaban J connectivity index is 4.97. The summed E-state index contributed by atoms with van der Waals surface area (Å²) in [6.45, 7) is 8.45. The monoisotopic (exact) mass is 288 g/mol. The molecule has 0 spiro atoms. The van der Waals surface area contributed by atoms with Crippen LogP contribution in [-0.4, -0.2) is 40.6 Å². The lowest BCUT2D eigenvalue weighted by atomic mass is 9.88. The standard InChI is InChI=1S/C13H24N2O5/c1-7(2)13(5,12(19)20-8(3)4)15-11(18)9(14)6-10(16)17/h7-9H,6,14H2,1-5H3,(H,15,18)(H,16,17)/t9-,13-/m0/s1. The van der Waals surface area contributed by atoms with Crippen molar-refractivity contribution in [3.05, 3.63) is 0 Å². The summed E-state index contributed by atoms with van der Waals surface area (Å²) in [6, 6.07) is -1.21. The fourth-order valence-corrected chi connectivity index (χ4v) is 1.40. The summed E-state index contributed by atoms with van der Waals surface area (Å²) in [5.41, 5.74) is 4.23. The molecular formula is C13H24N2O5. The third kappa shape index (κ3) is 5.16. The molecule has 0 fully saturated rings. The molecule has 0 aromatic carbocycles. The Bertz CT molecular complexity index is 381. The third-order valence-electron chi connectivity index (χ3n) is 3.04. The Morgan fingerprint density at radius 3 is 2.10 bits per heavy atom. The van der Waals surface area contributed by atoms with Crippen molar-refractivity contribution >= 4 is 17.8 Å². The van der Waals surface area contributed by atoms with E-state index < -0.39 is 35.8 Å². The molecule has 2 atom stereocenters. The molecule has 20 heavy (non-hydrogen) atoms. The van der Waals surface area contributed by atoms with E-state index in [9.17, 15) is 14.4 Å². The van der Waals surface area contributed by atoms with Crippen LogP contribution in [0.3, 0.4) is 0 Å². The zero-order valence-corrected chi connectivity index (χ0v) is 12.6. The smallest absolute Gasteiger partial charge is 0.332 e. The fourth-order valence-electron chi connectivity index (χ4n) is 1.40. The molecule has 0 rings (SSSR count).